The summed E-state index contributed by atoms with van der Waals surface area (Å²) in [5, 5.41) is 10.4. The zero-order chi connectivity index (χ0) is 12.7. The number of carbonyl (C=O) groups is 2. The van der Waals surface area contributed by atoms with Crippen LogP contribution in [0.15, 0.2) is 0 Å². The van der Waals surface area contributed by atoms with Crippen molar-refractivity contribution in [2.45, 2.75) is 38.3 Å². The molecule has 1 aliphatic heterocycles. The van der Waals surface area contributed by atoms with Gasteiger partial charge in [-0.15, -0.1) is 0 Å². The Morgan fingerprint density at radius 3 is 2.25 bits per heavy atom. The third-order valence-electron chi connectivity index (χ3n) is 1.94. The van der Waals surface area contributed by atoms with Crippen LogP contribution < -0.4 is 5.11 Å². The van der Waals surface area contributed by atoms with Gasteiger partial charge in [-0.05, 0) is 20.8 Å². The van der Waals surface area contributed by atoms with Gasteiger partial charge in [-0.3, -0.25) is 4.90 Å². The van der Waals surface area contributed by atoms with Gasteiger partial charge in [-0.1, -0.05) is 0 Å². The number of likely N-dealkylation sites (tertiary alicyclic amines) is 1. The SMILES string of the molecule is CC(C)(C)OC(=O)N1CC(F)(F)C1C(=O)[O-]. The number of hydrogen-bond acceptors (Lipinski definition) is 4. The van der Waals surface area contributed by atoms with Crippen LogP contribution in [0.25, 0.3) is 0 Å². The van der Waals surface area contributed by atoms with Crippen molar-refractivity contribution in [1.82, 2.24) is 4.90 Å². The van der Waals surface area contributed by atoms with Crippen molar-refractivity contribution in [2.24, 2.45) is 0 Å². The molecule has 1 aliphatic rings. The van der Waals surface area contributed by atoms with Crippen molar-refractivity contribution in [3.63, 3.8) is 0 Å². The quantitative estimate of drug-likeness (QED) is 0.642. The summed E-state index contributed by atoms with van der Waals surface area (Å²) in [5.41, 5.74) is -0.863. The van der Waals surface area contributed by atoms with Crippen LogP contribution in [-0.4, -0.2) is 41.1 Å². The van der Waals surface area contributed by atoms with E-state index in [-0.39, 0.29) is 0 Å². The average Bonchev–Trinajstić information content (AvgIpc) is 1.95. The normalized spacial score (nSPS) is 23.6. The molecule has 0 aromatic heterocycles. The molecular weight excluding hydrogens is 224 g/mol. The first-order valence-electron chi connectivity index (χ1n) is 4.63. The third-order valence-corrected chi connectivity index (χ3v) is 1.94. The summed E-state index contributed by atoms with van der Waals surface area (Å²) in [6.07, 6.45) is -1.08. The van der Waals surface area contributed by atoms with Crippen LogP contribution >= 0.6 is 0 Å². The lowest BCUT2D eigenvalue weighted by atomic mass is 9.99. The summed E-state index contributed by atoms with van der Waals surface area (Å²) < 4.78 is 30.4. The van der Waals surface area contributed by atoms with Crippen LogP contribution in [0.3, 0.4) is 0 Å². The molecule has 16 heavy (non-hydrogen) atoms. The van der Waals surface area contributed by atoms with Gasteiger partial charge >= 0.3 is 6.09 Å². The minimum absolute atomic E-state index is 0.445. The molecule has 1 unspecified atom stereocenters. The lowest BCUT2D eigenvalue weighted by Crippen LogP contribution is -2.72. The van der Waals surface area contributed by atoms with Crippen LogP contribution in [0.5, 0.6) is 0 Å². The van der Waals surface area contributed by atoms with Crippen LogP contribution in [0.2, 0.25) is 0 Å². The van der Waals surface area contributed by atoms with E-state index < -0.39 is 36.2 Å². The summed E-state index contributed by atoms with van der Waals surface area (Å²) in [6.45, 7) is 3.70. The summed E-state index contributed by atoms with van der Waals surface area (Å²) in [7, 11) is 0. The van der Waals surface area contributed by atoms with Gasteiger partial charge in [0.15, 0.2) is 0 Å². The molecule has 5 nitrogen and oxygen atoms in total. The highest BCUT2D eigenvalue weighted by molar-refractivity contribution is 5.82. The first-order chi connectivity index (χ1) is 7.04. The number of rotatable bonds is 1. The maximum absolute atomic E-state index is 12.8. The Labute approximate surface area is 91.0 Å². The number of halogens is 2. The van der Waals surface area contributed by atoms with E-state index in [0.29, 0.717) is 4.90 Å². The minimum Gasteiger partial charge on any atom is -0.548 e. The molecule has 0 saturated carbocycles. The minimum atomic E-state index is -3.45. The molecule has 7 heteroatoms. The molecule has 0 aliphatic carbocycles. The number of alkyl halides is 2. The van der Waals surface area contributed by atoms with Crippen molar-refractivity contribution < 1.29 is 28.2 Å². The average molecular weight is 236 g/mol. The van der Waals surface area contributed by atoms with Crippen molar-refractivity contribution in [2.75, 3.05) is 6.54 Å². The lowest BCUT2D eigenvalue weighted by Gasteiger charge is -2.47. The maximum Gasteiger partial charge on any atom is 0.411 e. The first-order valence-corrected chi connectivity index (χ1v) is 4.63. The van der Waals surface area contributed by atoms with Crippen LogP contribution in [0.4, 0.5) is 13.6 Å². The van der Waals surface area contributed by atoms with Crippen molar-refractivity contribution in [3.8, 4) is 0 Å². The predicted octanol–water partition coefficient (Wildman–Crippen LogP) is -0.00910. The molecular formula is C9H12F2NO4-. The monoisotopic (exact) mass is 236 g/mol. The molecule has 0 aromatic rings. The molecule has 1 atom stereocenters. The van der Waals surface area contributed by atoms with Gasteiger partial charge < -0.3 is 14.6 Å². The fraction of sp³-hybridized carbons (Fsp3) is 0.778. The van der Waals surface area contributed by atoms with E-state index in [1.165, 1.54) is 0 Å². The Kier molecular flexibility index (Phi) is 2.82. The smallest absolute Gasteiger partial charge is 0.411 e. The van der Waals surface area contributed by atoms with Crippen LogP contribution in [0, 0.1) is 0 Å². The van der Waals surface area contributed by atoms with Crippen molar-refractivity contribution in [1.29, 1.82) is 0 Å². The third kappa shape index (κ3) is 2.40. The largest absolute Gasteiger partial charge is 0.548 e. The Balaban J connectivity index is 2.70. The summed E-state index contributed by atoms with van der Waals surface area (Å²) in [4.78, 5) is 22.2. The lowest BCUT2D eigenvalue weighted by molar-refractivity contribution is -0.328. The molecule has 0 bridgehead atoms. The highest BCUT2D eigenvalue weighted by Crippen LogP contribution is 2.35. The van der Waals surface area contributed by atoms with Crippen molar-refractivity contribution in [3.05, 3.63) is 0 Å². The van der Waals surface area contributed by atoms with Gasteiger partial charge in [0.05, 0.1) is 12.5 Å². The van der Waals surface area contributed by atoms with E-state index in [0.717, 1.165) is 0 Å². The summed E-state index contributed by atoms with van der Waals surface area (Å²) >= 11 is 0. The predicted molar refractivity (Wildman–Crippen MR) is 46.7 cm³/mol. The Hall–Kier alpha value is -1.40. The van der Waals surface area contributed by atoms with E-state index in [1.807, 2.05) is 0 Å². The maximum atomic E-state index is 12.8. The second-order valence-corrected chi connectivity index (χ2v) is 4.59. The topological polar surface area (TPSA) is 69.7 Å². The zero-order valence-electron chi connectivity index (χ0n) is 9.12. The molecule has 1 fully saturated rings. The zero-order valence-corrected chi connectivity index (χ0v) is 9.12. The fourth-order valence-electron chi connectivity index (χ4n) is 1.31. The van der Waals surface area contributed by atoms with E-state index in [2.05, 4.69) is 0 Å². The van der Waals surface area contributed by atoms with E-state index in [9.17, 15) is 23.5 Å². The molecule has 1 heterocycles. The summed E-state index contributed by atoms with van der Waals surface area (Å²) in [6, 6.07) is -2.23. The highest BCUT2D eigenvalue weighted by atomic mass is 19.3. The number of hydrogen-bond donors (Lipinski definition) is 0. The first kappa shape index (κ1) is 12.7. The standard InChI is InChI=1S/C9H13F2NO4/c1-8(2,3)16-7(15)12-4-9(10,11)5(12)6(13)14/h5H,4H2,1-3H3,(H,13,14)/p-1. The number of nitrogens with zero attached hydrogens (tertiary/aromatic N) is 1. The molecule has 1 saturated heterocycles. The van der Waals surface area contributed by atoms with E-state index in [4.69, 9.17) is 4.74 Å². The van der Waals surface area contributed by atoms with Crippen LogP contribution in [0.1, 0.15) is 20.8 Å². The fourth-order valence-corrected chi connectivity index (χ4v) is 1.31. The molecule has 0 aromatic carbocycles. The second-order valence-electron chi connectivity index (χ2n) is 4.59. The molecule has 0 N–H and O–H groups in total. The number of carboxylic acid groups (broad SMARTS) is 1. The summed E-state index contributed by atoms with van der Waals surface area (Å²) in [5.74, 6) is -5.43. The molecule has 92 valence electrons. The van der Waals surface area contributed by atoms with Gasteiger partial charge in [0.1, 0.15) is 11.6 Å². The van der Waals surface area contributed by atoms with Gasteiger partial charge in [-0.2, -0.15) is 0 Å². The van der Waals surface area contributed by atoms with E-state index >= 15 is 0 Å². The molecule has 1 rings (SSSR count). The van der Waals surface area contributed by atoms with E-state index in [1.54, 1.807) is 20.8 Å². The molecule has 0 spiro atoms. The number of aliphatic carboxylic acids is 1. The Morgan fingerprint density at radius 1 is 1.44 bits per heavy atom. The molecule has 0 radical (unpaired) electrons. The Bertz CT molecular complexity index is 324. The number of carboxylic acids is 1. The van der Waals surface area contributed by atoms with Gasteiger partial charge in [0.2, 0.25) is 0 Å². The second kappa shape index (κ2) is 3.57. The van der Waals surface area contributed by atoms with Gasteiger partial charge in [0.25, 0.3) is 5.92 Å². The Morgan fingerprint density at radius 2 is 1.94 bits per heavy atom. The van der Waals surface area contributed by atoms with Crippen molar-refractivity contribution >= 4 is 12.1 Å². The highest BCUT2D eigenvalue weighted by Gasteiger charge is 2.58. The molecule has 1 amide bonds. The number of ether oxygens (including phenoxy) is 1. The van der Waals surface area contributed by atoms with Gasteiger partial charge in [0, 0.05) is 0 Å². The number of amides is 1. The van der Waals surface area contributed by atoms with Crippen LogP contribution in [-0.2, 0) is 9.53 Å². The van der Waals surface area contributed by atoms with Gasteiger partial charge in [-0.25, -0.2) is 13.6 Å². The number of carbonyl (C=O) groups excluding carboxylic acids is 2.